The highest BCUT2D eigenvalue weighted by molar-refractivity contribution is 6.42. The van der Waals surface area contributed by atoms with Crippen LogP contribution in [0.2, 0.25) is 15.1 Å². The second-order valence-corrected chi connectivity index (χ2v) is 6.11. The number of benzene rings is 1. The zero-order valence-corrected chi connectivity index (χ0v) is 15.3. The van der Waals surface area contributed by atoms with Gasteiger partial charge in [0.2, 0.25) is 5.95 Å². The zero-order chi connectivity index (χ0) is 18.4. The first-order chi connectivity index (χ1) is 11.9. The normalized spacial score (nSPS) is 10.2. The summed E-state index contributed by atoms with van der Waals surface area (Å²) in [6, 6.07) is 4.53. The summed E-state index contributed by atoms with van der Waals surface area (Å²) in [6.07, 6.45) is 3.11. The van der Waals surface area contributed by atoms with Gasteiger partial charge < -0.3 is 15.0 Å². The standard InChI is InChI=1S/C15H13Cl3N4O3/c1-22(15-19-3-2-4-20-15)7-13(24)25-8-12(23)21-14-10(17)5-9(16)6-11(14)18/h2-6H,7-8H2,1H3,(H,21,23). The zero-order valence-electron chi connectivity index (χ0n) is 13.0. The minimum atomic E-state index is -0.613. The number of anilines is 2. The SMILES string of the molecule is CN(CC(=O)OCC(=O)Nc1c(Cl)cc(Cl)cc1Cl)c1ncccn1. The number of carbonyl (C=O) groups excluding carboxylic acids is 2. The summed E-state index contributed by atoms with van der Waals surface area (Å²) in [5, 5.41) is 3.17. The molecule has 7 nitrogen and oxygen atoms in total. The van der Waals surface area contributed by atoms with E-state index >= 15 is 0 Å². The highest BCUT2D eigenvalue weighted by atomic mass is 35.5. The Balaban J connectivity index is 1.85. The molecule has 0 atom stereocenters. The maximum absolute atomic E-state index is 11.9. The minimum Gasteiger partial charge on any atom is -0.454 e. The number of rotatable bonds is 6. The van der Waals surface area contributed by atoms with Gasteiger partial charge in [-0.1, -0.05) is 34.8 Å². The largest absolute Gasteiger partial charge is 0.454 e. The van der Waals surface area contributed by atoms with E-state index in [9.17, 15) is 9.59 Å². The molecule has 1 heterocycles. The quantitative estimate of drug-likeness (QED) is 0.746. The van der Waals surface area contributed by atoms with E-state index in [4.69, 9.17) is 39.5 Å². The molecule has 0 spiro atoms. The van der Waals surface area contributed by atoms with Gasteiger partial charge in [0.15, 0.2) is 6.61 Å². The number of hydrogen-bond donors (Lipinski definition) is 1. The highest BCUT2D eigenvalue weighted by Gasteiger charge is 2.15. The number of carbonyl (C=O) groups is 2. The molecular formula is C15H13Cl3N4O3. The Labute approximate surface area is 158 Å². The van der Waals surface area contributed by atoms with Gasteiger partial charge in [0.1, 0.15) is 6.54 Å². The first-order valence-electron chi connectivity index (χ1n) is 6.95. The van der Waals surface area contributed by atoms with Gasteiger partial charge in [-0.2, -0.15) is 0 Å². The smallest absolute Gasteiger partial charge is 0.326 e. The number of likely N-dealkylation sites (N-methyl/N-ethyl adjacent to an activating group) is 1. The van der Waals surface area contributed by atoms with E-state index < -0.39 is 18.5 Å². The number of nitrogens with one attached hydrogen (secondary N) is 1. The Kier molecular flexibility index (Phi) is 6.81. The maximum Gasteiger partial charge on any atom is 0.326 e. The molecule has 1 amide bonds. The summed E-state index contributed by atoms with van der Waals surface area (Å²) in [7, 11) is 1.63. The molecule has 0 saturated heterocycles. The second kappa shape index (κ2) is 8.84. The van der Waals surface area contributed by atoms with Crippen LogP contribution in [0, 0.1) is 0 Å². The van der Waals surface area contributed by atoms with E-state index in [2.05, 4.69) is 15.3 Å². The summed E-state index contributed by atoms with van der Waals surface area (Å²) in [6.45, 7) is -0.600. The summed E-state index contributed by atoms with van der Waals surface area (Å²) >= 11 is 17.7. The van der Waals surface area contributed by atoms with Gasteiger partial charge in [0.05, 0.1) is 15.7 Å². The lowest BCUT2D eigenvalue weighted by Gasteiger charge is -2.15. The van der Waals surface area contributed by atoms with Crippen LogP contribution in [0.15, 0.2) is 30.6 Å². The van der Waals surface area contributed by atoms with Gasteiger partial charge in [-0.15, -0.1) is 0 Å². The molecule has 1 aromatic carbocycles. The minimum absolute atomic E-state index is 0.111. The van der Waals surface area contributed by atoms with Crippen molar-refractivity contribution in [1.82, 2.24) is 9.97 Å². The molecule has 0 saturated carbocycles. The third kappa shape index (κ3) is 5.74. The van der Waals surface area contributed by atoms with Crippen molar-refractivity contribution in [3.05, 3.63) is 45.7 Å². The van der Waals surface area contributed by atoms with Crippen LogP contribution in [-0.4, -0.2) is 42.0 Å². The van der Waals surface area contributed by atoms with Crippen LogP contribution in [0.5, 0.6) is 0 Å². The second-order valence-electron chi connectivity index (χ2n) is 4.86. The topological polar surface area (TPSA) is 84.4 Å². The number of aromatic nitrogens is 2. The number of ether oxygens (including phenoxy) is 1. The number of halogens is 3. The predicted molar refractivity (Wildman–Crippen MR) is 96.4 cm³/mol. The van der Waals surface area contributed by atoms with E-state index in [1.807, 2.05) is 0 Å². The third-order valence-corrected chi connectivity index (χ3v) is 3.71. The van der Waals surface area contributed by atoms with Crippen LogP contribution in [0.3, 0.4) is 0 Å². The Morgan fingerprint density at radius 1 is 1.16 bits per heavy atom. The molecule has 25 heavy (non-hydrogen) atoms. The molecule has 132 valence electrons. The lowest BCUT2D eigenvalue weighted by atomic mass is 10.3. The average Bonchev–Trinajstić information content (AvgIpc) is 2.57. The summed E-state index contributed by atoms with van der Waals surface area (Å²) < 4.78 is 4.91. The van der Waals surface area contributed by atoms with Crippen LogP contribution in [0.1, 0.15) is 0 Å². The molecule has 0 unspecified atom stereocenters. The Morgan fingerprint density at radius 3 is 2.36 bits per heavy atom. The lowest BCUT2D eigenvalue weighted by molar-refractivity contribution is -0.145. The van der Waals surface area contributed by atoms with Gasteiger partial charge in [-0.05, 0) is 18.2 Å². The summed E-state index contributed by atoms with van der Waals surface area (Å²) in [4.78, 5) is 33.2. The maximum atomic E-state index is 11.9. The van der Waals surface area contributed by atoms with E-state index in [0.717, 1.165) is 0 Å². The Hall–Kier alpha value is -2.09. The third-order valence-electron chi connectivity index (χ3n) is 2.90. The molecule has 10 heteroatoms. The molecule has 0 fully saturated rings. The predicted octanol–water partition coefficient (Wildman–Crippen LogP) is 3.05. The fourth-order valence-corrected chi connectivity index (χ4v) is 2.69. The monoisotopic (exact) mass is 402 g/mol. The molecule has 2 aromatic rings. The first kappa shape index (κ1) is 19.2. The number of amides is 1. The van der Waals surface area contributed by atoms with Crippen LogP contribution in [-0.2, 0) is 14.3 Å². The Morgan fingerprint density at radius 2 is 1.76 bits per heavy atom. The van der Waals surface area contributed by atoms with E-state index in [1.165, 1.54) is 17.0 Å². The molecule has 0 radical (unpaired) electrons. The fourth-order valence-electron chi connectivity index (χ4n) is 1.78. The number of esters is 1. The van der Waals surface area contributed by atoms with Crippen molar-refractivity contribution in [3.8, 4) is 0 Å². The van der Waals surface area contributed by atoms with Crippen molar-refractivity contribution in [1.29, 1.82) is 0 Å². The van der Waals surface area contributed by atoms with Crippen molar-refractivity contribution in [2.75, 3.05) is 30.4 Å². The van der Waals surface area contributed by atoms with E-state index in [0.29, 0.717) is 11.0 Å². The van der Waals surface area contributed by atoms with Crippen LogP contribution in [0.25, 0.3) is 0 Å². The van der Waals surface area contributed by atoms with Crippen LogP contribution in [0.4, 0.5) is 11.6 Å². The van der Waals surface area contributed by atoms with Gasteiger partial charge in [-0.3, -0.25) is 9.59 Å². The molecule has 0 aliphatic carbocycles. The van der Waals surface area contributed by atoms with Gasteiger partial charge in [0, 0.05) is 24.5 Å². The molecular weight excluding hydrogens is 391 g/mol. The van der Waals surface area contributed by atoms with Crippen molar-refractivity contribution >= 4 is 58.3 Å². The number of nitrogens with zero attached hydrogens (tertiary/aromatic N) is 3. The van der Waals surface area contributed by atoms with E-state index in [-0.39, 0.29) is 22.3 Å². The van der Waals surface area contributed by atoms with Gasteiger partial charge in [-0.25, -0.2) is 9.97 Å². The molecule has 0 aliphatic rings. The summed E-state index contributed by atoms with van der Waals surface area (Å²) in [5.41, 5.74) is 0.198. The van der Waals surface area contributed by atoms with Crippen molar-refractivity contribution < 1.29 is 14.3 Å². The van der Waals surface area contributed by atoms with Gasteiger partial charge >= 0.3 is 5.97 Å². The lowest BCUT2D eigenvalue weighted by Crippen LogP contribution is -2.30. The Bertz CT molecular complexity index is 751. The van der Waals surface area contributed by atoms with Crippen LogP contribution < -0.4 is 10.2 Å². The fraction of sp³-hybridized carbons (Fsp3) is 0.200. The number of hydrogen-bond acceptors (Lipinski definition) is 6. The molecule has 1 aromatic heterocycles. The average molecular weight is 404 g/mol. The van der Waals surface area contributed by atoms with Crippen molar-refractivity contribution in [3.63, 3.8) is 0 Å². The molecule has 1 N–H and O–H groups in total. The van der Waals surface area contributed by atoms with E-state index in [1.54, 1.807) is 25.5 Å². The van der Waals surface area contributed by atoms with Crippen molar-refractivity contribution in [2.24, 2.45) is 0 Å². The molecule has 0 aliphatic heterocycles. The first-order valence-corrected chi connectivity index (χ1v) is 8.08. The van der Waals surface area contributed by atoms with Gasteiger partial charge in [0.25, 0.3) is 5.91 Å². The summed E-state index contributed by atoms with van der Waals surface area (Å²) in [5.74, 6) is -0.833. The van der Waals surface area contributed by atoms with Crippen molar-refractivity contribution in [2.45, 2.75) is 0 Å². The highest BCUT2D eigenvalue weighted by Crippen LogP contribution is 2.33. The van der Waals surface area contributed by atoms with Crippen LogP contribution >= 0.6 is 34.8 Å². The molecule has 0 bridgehead atoms. The molecule has 2 rings (SSSR count).